The Hall–Kier alpha value is -1.73. The van der Waals surface area contributed by atoms with Gasteiger partial charge in [0.05, 0.1) is 6.20 Å². The number of nitrogens with zero attached hydrogens (tertiary/aromatic N) is 5. The van der Waals surface area contributed by atoms with Crippen LogP contribution < -0.4 is 5.32 Å². The fourth-order valence-electron chi connectivity index (χ4n) is 1.07. The van der Waals surface area contributed by atoms with Gasteiger partial charge in [0, 0.05) is 6.20 Å². The van der Waals surface area contributed by atoms with Crippen LogP contribution in [0.3, 0.4) is 0 Å². The first kappa shape index (κ1) is 11.7. The summed E-state index contributed by atoms with van der Waals surface area (Å²) in [6.07, 6.45) is 4.25. The highest BCUT2D eigenvalue weighted by atomic mass is 35.5. The van der Waals surface area contributed by atoms with E-state index in [4.69, 9.17) is 23.2 Å². The van der Waals surface area contributed by atoms with Crippen molar-refractivity contribution in [3.8, 4) is 0 Å². The van der Waals surface area contributed by atoms with Gasteiger partial charge in [-0.15, -0.1) is 5.10 Å². The molecule has 0 atom stereocenters. The van der Waals surface area contributed by atoms with Gasteiger partial charge in [0.15, 0.2) is 11.0 Å². The fourth-order valence-corrected chi connectivity index (χ4v) is 1.35. The predicted octanol–water partition coefficient (Wildman–Crippen LogP) is 1.01. The molecule has 2 aromatic rings. The molecule has 2 heterocycles. The van der Waals surface area contributed by atoms with Gasteiger partial charge in [-0.3, -0.25) is 4.79 Å². The van der Waals surface area contributed by atoms with E-state index in [0.29, 0.717) is 0 Å². The largest absolute Gasteiger partial charge is 0.308 e. The Morgan fingerprint density at radius 3 is 2.94 bits per heavy atom. The Balaban J connectivity index is 2.06. The molecule has 7 nitrogen and oxygen atoms in total. The highest BCUT2D eigenvalue weighted by molar-refractivity contribution is 6.42. The van der Waals surface area contributed by atoms with Gasteiger partial charge in [0.1, 0.15) is 17.9 Å². The molecule has 2 rings (SSSR count). The standard InChI is InChI=1S/C8H6Cl2N6O/c9-6-7(10)11-4-12-8(6)14-5(17)3-16-2-1-13-15-16/h1-2,4H,3H2,(H,11,12,14,17). The molecule has 0 unspecified atom stereocenters. The molecule has 1 N–H and O–H groups in total. The maximum atomic E-state index is 11.6. The molecule has 0 aromatic carbocycles. The first-order valence-electron chi connectivity index (χ1n) is 4.47. The van der Waals surface area contributed by atoms with Crippen molar-refractivity contribution in [3.05, 3.63) is 28.9 Å². The molecule has 0 spiro atoms. The molecule has 0 aliphatic heterocycles. The van der Waals surface area contributed by atoms with Crippen molar-refractivity contribution in [1.82, 2.24) is 25.0 Å². The van der Waals surface area contributed by atoms with E-state index in [0.717, 1.165) is 0 Å². The van der Waals surface area contributed by atoms with Crippen molar-refractivity contribution in [1.29, 1.82) is 0 Å². The summed E-state index contributed by atoms with van der Waals surface area (Å²) in [5.41, 5.74) is 0. The number of anilines is 1. The maximum Gasteiger partial charge on any atom is 0.247 e. The van der Waals surface area contributed by atoms with Crippen LogP contribution in [0.25, 0.3) is 0 Å². The van der Waals surface area contributed by atoms with Gasteiger partial charge >= 0.3 is 0 Å². The lowest BCUT2D eigenvalue weighted by Crippen LogP contribution is -2.20. The van der Waals surface area contributed by atoms with Crippen molar-refractivity contribution in [2.24, 2.45) is 0 Å². The summed E-state index contributed by atoms with van der Waals surface area (Å²) in [5, 5.41) is 9.90. The highest BCUT2D eigenvalue weighted by Crippen LogP contribution is 2.25. The first-order valence-corrected chi connectivity index (χ1v) is 5.22. The SMILES string of the molecule is O=C(Cn1ccnn1)Nc1ncnc(Cl)c1Cl. The minimum atomic E-state index is -0.341. The smallest absolute Gasteiger partial charge is 0.247 e. The molecule has 88 valence electrons. The van der Waals surface area contributed by atoms with Gasteiger partial charge < -0.3 is 5.32 Å². The Labute approximate surface area is 106 Å². The lowest BCUT2D eigenvalue weighted by molar-refractivity contribution is -0.116. The molecule has 17 heavy (non-hydrogen) atoms. The van der Waals surface area contributed by atoms with Gasteiger partial charge in [0.25, 0.3) is 0 Å². The van der Waals surface area contributed by atoms with Gasteiger partial charge in [-0.2, -0.15) is 0 Å². The molecule has 0 aliphatic rings. The van der Waals surface area contributed by atoms with Crippen LogP contribution in [0, 0.1) is 0 Å². The number of carbonyl (C=O) groups is 1. The van der Waals surface area contributed by atoms with Crippen molar-refractivity contribution in [2.45, 2.75) is 6.54 Å². The number of halogens is 2. The second-order valence-electron chi connectivity index (χ2n) is 2.98. The zero-order valence-electron chi connectivity index (χ0n) is 8.34. The third kappa shape index (κ3) is 2.89. The van der Waals surface area contributed by atoms with Crippen LogP contribution in [0.15, 0.2) is 18.7 Å². The van der Waals surface area contributed by atoms with E-state index in [-0.39, 0.29) is 28.4 Å². The van der Waals surface area contributed by atoms with Crippen molar-refractivity contribution in [3.63, 3.8) is 0 Å². The normalized spacial score (nSPS) is 10.2. The van der Waals surface area contributed by atoms with Crippen molar-refractivity contribution >= 4 is 34.9 Å². The topological polar surface area (TPSA) is 85.6 Å². The van der Waals surface area contributed by atoms with Crippen LogP contribution in [0.1, 0.15) is 0 Å². The molecule has 0 saturated heterocycles. The number of hydrogen-bond acceptors (Lipinski definition) is 5. The lowest BCUT2D eigenvalue weighted by Gasteiger charge is -2.05. The summed E-state index contributed by atoms with van der Waals surface area (Å²) in [6, 6.07) is 0. The minimum Gasteiger partial charge on any atom is -0.308 e. The second kappa shape index (κ2) is 5.07. The third-order valence-corrected chi connectivity index (χ3v) is 2.52. The Bertz CT molecular complexity index is 529. The number of carbonyl (C=O) groups excluding carboxylic acids is 1. The molecule has 9 heteroatoms. The summed E-state index contributed by atoms with van der Waals surface area (Å²) in [4.78, 5) is 19.1. The van der Waals surface area contributed by atoms with Gasteiger partial charge in [-0.1, -0.05) is 28.4 Å². The van der Waals surface area contributed by atoms with Crippen LogP contribution in [-0.4, -0.2) is 30.9 Å². The zero-order chi connectivity index (χ0) is 12.3. The summed E-state index contributed by atoms with van der Waals surface area (Å²) >= 11 is 11.5. The Morgan fingerprint density at radius 1 is 1.41 bits per heavy atom. The molecular weight excluding hydrogens is 267 g/mol. The van der Waals surface area contributed by atoms with E-state index in [1.54, 1.807) is 6.20 Å². The summed E-state index contributed by atoms with van der Waals surface area (Å²) in [5.74, 6) is -0.177. The number of aromatic nitrogens is 5. The van der Waals surface area contributed by atoms with E-state index >= 15 is 0 Å². The zero-order valence-corrected chi connectivity index (χ0v) is 9.85. The monoisotopic (exact) mass is 272 g/mol. The Kier molecular flexibility index (Phi) is 3.50. The van der Waals surface area contributed by atoms with E-state index in [1.807, 2.05) is 0 Å². The van der Waals surface area contributed by atoms with Crippen LogP contribution in [-0.2, 0) is 11.3 Å². The highest BCUT2D eigenvalue weighted by Gasteiger charge is 2.11. The second-order valence-corrected chi connectivity index (χ2v) is 3.71. The van der Waals surface area contributed by atoms with E-state index in [1.165, 1.54) is 17.2 Å². The van der Waals surface area contributed by atoms with Gasteiger partial charge in [-0.05, 0) is 0 Å². The van der Waals surface area contributed by atoms with Gasteiger partial charge in [-0.25, -0.2) is 14.6 Å². The molecule has 1 amide bonds. The maximum absolute atomic E-state index is 11.6. The summed E-state index contributed by atoms with van der Waals surface area (Å²) in [7, 11) is 0. The number of hydrogen-bond donors (Lipinski definition) is 1. The molecular formula is C8H6Cl2N6O. The van der Waals surface area contributed by atoms with E-state index in [2.05, 4.69) is 25.6 Å². The number of amides is 1. The Morgan fingerprint density at radius 2 is 2.24 bits per heavy atom. The van der Waals surface area contributed by atoms with Crippen LogP contribution in [0.5, 0.6) is 0 Å². The predicted molar refractivity (Wildman–Crippen MR) is 60.7 cm³/mol. The van der Waals surface area contributed by atoms with Gasteiger partial charge in [0.2, 0.25) is 5.91 Å². The molecule has 0 saturated carbocycles. The molecule has 2 aromatic heterocycles. The quantitative estimate of drug-likeness (QED) is 0.843. The molecule has 0 radical (unpaired) electrons. The summed E-state index contributed by atoms with van der Waals surface area (Å²) < 4.78 is 1.37. The third-order valence-electron chi connectivity index (χ3n) is 1.78. The average Bonchev–Trinajstić information content (AvgIpc) is 2.77. The molecule has 0 fully saturated rings. The molecule has 0 aliphatic carbocycles. The lowest BCUT2D eigenvalue weighted by atomic mass is 10.5. The van der Waals surface area contributed by atoms with E-state index < -0.39 is 0 Å². The summed E-state index contributed by atoms with van der Waals surface area (Å²) in [6.45, 7) is 0.0119. The van der Waals surface area contributed by atoms with Crippen molar-refractivity contribution < 1.29 is 4.79 Å². The fraction of sp³-hybridized carbons (Fsp3) is 0.125. The molecule has 0 bridgehead atoms. The average molecular weight is 273 g/mol. The minimum absolute atomic E-state index is 0.0119. The van der Waals surface area contributed by atoms with Crippen LogP contribution in [0.2, 0.25) is 10.2 Å². The van der Waals surface area contributed by atoms with Crippen molar-refractivity contribution in [2.75, 3.05) is 5.32 Å². The number of nitrogens with one attached hydrogen (secondary N) is 1. The van der Waals surface area contributed by atoms with E-state index in [9.17, 15) is 4.79 Å². The van der Waals surface area contributed by atoms with Crippen LogP contribution in [0.4, 0.5) is 5.82 Å². The van der Waals surface area contributed by atoms with Crippen LogP contribution >= 0.6 is 23.2 Å². The first-order chi connectivity index (χ1) is 8.16. The number of rotatable bonds is 3.